The van der Waals surface area contributed by atoms with Crippen LogP contribution in [-0.2, 0) is 0 Å². The minimum Gasteiger partial charge on any atom is -0.306 e. The maximum absolute atomic E-state index is 3.64. The lowest BCUT2D eigenvalue weighted by Crippen LogP contribution is -2.26. The van der Waals surface area contributed by atoms with E-state index in [1.165, 1.54) is 21.8 Å². The molecule has 88 valence electrons. The number of nitrogens with one attached hydrogen (secondary N) is 1. The third-order valence-electron chi connectivity index (χ3n) is 2.78. The third kappa shape index (κ3) is 2.90. The fraction of sp³-hybridized carbons (Fsp3) is 0.538. The fourth-order valence-corrected chi connectivity index (χ4v) is 4.51. The van der Waals surface area contributed by atoms with Crippen molar-refractivity contribution >= 4 is 23.1 Å². The lowest BCUT2D eigenvalue weighted by molar-refractivity contribution is 0.514. The zero-order valence-electron chi connectivity index (χ0n) is 10.1. The summed E-state index contributed by atoms with van der Waals surface area (Å²) in [5.74, 6) is 0. The maximum atomic E-state index is 3.64. The summed E-state index contributed by atoms with van der Waals surface area (Å²) in [6.45, 7) is 7.61. The van der Waals surface area contributed by atoms with E-state index in [0.29, 0.717) is 6.04 Å². The van der Waals surface area contributed by atoms with Crippen molar-refractivity contribution in [2.24, 2.45) is 0 Å². The highest BCUT2D eigenvalue weighted by molar-refractivity contribution is 8.01. The Bertz CT molecular complexity index is 377. The summed E-state index contributed by atoms with van der Waals surface area (Å²) in [6.07, 6.45) is 3.50. The molecular formula is C13H19NS2. The number of allylic oxidation sites excluding steroid dienone is 1. The lowest BCUT2D eigenvalue weighted by Gasteiger charge is -2.27. The quantitative estimate of drug-likeness (QED) is 0.809. The highest BCUT2D eigenvalue weighted by Gasteiger charge is 2.25. The van der Waals surface area contributed by atoms with Crippen LogP contribution in [-0.4, -0.2) is 11.8 Å². The van der Waals surface area contributed by atoms with E-state index in [0.717, 1.165) is 11.8 Å². The Kier molecular flexibility index (Phi) is 4.11. The zero-order chi connectivity index (χ0) is 11.5. The van der Waals surface area contributed by atoms with Gasteiger partial charge in [-0.25, -0.2) is 0 Å². The molecule has 2 rings (SSSR count). The van der Waals surface area contributed by atoms with Gasteiger partial charge in [-0.1, -0.05) is 18.6 Å². The Balaban J connectivity index is 2.03. The second-order valence-electron chi connectivity index (χ2n) is 4.57. The Morgan fingerprint density at radius 2 is 2.38 bits per heavy atom. The van der Waals surface area contributed by atoms with Crippen LogP contribution in [0.1, 0.15) is 38.8 Å². The van der Waals surface area contributed by atoms with E-state index in [1.54, 1.807) is 0 Å². The first-order valence-corrected chi connectivity index (χ1v) is 7.53. The van der Waals surface area contributed by atoms with Crippen LogP contribution in [0.15, 0.2) is 27.3 Å². The van der Waals surface area contributed by atoms with Crippen molar-refractivity contribution in [1.82, 2.24) is 5.32 Å². The Morgan fingerprint density at radius 1 is 1.56 bits per heavy atom. The van der Waals surface area contributed by atoms with Crippen molar-refractivity contribution in [3.8, 4) is 0 Å². The van der Waals surface area contributed by atoms with Crippen LogP contribution < -0.4 is 5.32 Å². The van der Waals surface area contributed by atoms with Gasteiger partial charge in [-0.2, -0.15) is 0 Å². The normalized spacial score (nSPS) is 23.9. The molecule has 2 atom stereocenters. The van der Waals surface area contributed by atoms with E-state index >= 15 is 0 Å². The van der Waals surface area contributed by atoms with E-state index < -0.39 is 0 Å². The summed E-state index contributed by atoms with van der Waals surface area (Å²) in [6, 6.07) is 2.83. The smallest absolute Gasteiger partial charge is 0.0649 e. The predicted octanol–water partition coefficient (Wildman–Crippen LogP) is 4.23. The van der Waals surface area contributed by atoms with Crippen molar-refractivity contribution in [2.75, 3.05) is 6.54 Å². The van der Waals surface area contributed by atoms with Crippen LogP contribution in [0, 0.1) is 0 Å². The number of hydrogen-bond donors (Lipinski definition) is 1. The summed E-state index contributed by atoms with van der Waals surface area (Å²) < 4.78 is 1.51. The first-order chi connectivity index (χ1) is 7.66. The molecule has 0 saturated carbocycles. The summed E-state index contributed by atoms with van der Waals surface area (Å²) >= 11 is 3.91. The average Bonchev–Trinajstić information content (AvgIpc) is 2.64. The van der Waals surface area contributed by atoms with E-state index in [9.17, 15) is 0 Å². The highest BCUT2D eigenvalue weighted by atomic mass is 32.2. The number of fused-ring (bicyclic) bond motifs is 1. The number of thiophene rings is 1. The second kappa shape index (κ2) is 5.39. The molecule has 1 nitrogen and oxygen atoms in total. The van der Waals surface area contributed by atoms with Crippen LogP contribution in [0.2, 0.25) is 0 Å². The highest BCUT2D eigenvalue weighted by Crippen LogP contribution is 2.43. The molecule has 1 N–H and O–H groups in total. The molecule has 1 aliphatic rings. The second-order valence-corrected chi connectivity index (χ2v) is 7.19. The molecule has 0 aliphatic carbocycles. The Labute approximate surface area is 106 Å². The van der Waals surface area contributed by atoms with Gasteiger partial charge in [0.05, 0.1) is 4.21 Å². The maximum Gasteiger partial charge on any atom is 0.0649 e. The van der Waals surface area contributed by atoms with Gasteiger partial charge in [0.25, 0.3) is 0 Å². The molecule has 0 radical (unpaired) electrons. The molecule has 0 bridgehead atoms. The Morgan fingerprint density at radius 3 is 3.12 bits per heavy atom. The average molecular weight is 253 g/mol. The van der Waals surface area contributed by atoms with Gasteiger partial charge in [-0.05, 0) is 37.3 Å². The van der Waals surface area contributed by atoms with Crippen LogP contribution in [0.25, 0.3) is 0 Å². The minimum absolute atomic E-state index is 0.549. The zero-order valence-corrected chi connectivity index (χ0v) is 11.8. The molecule has 0 saturated heterocycles. The molecule has 0 spiro atoms. The van der Waals surface area contributed by atoms with Crippen LogP contribution >= 0.6 is 23.1 Å². The molecule has 16 heavy (non-hydrogen) atoms. The Hall–Kier alpha value is -0.250. The van der Waals surface area contributed by atoms with Gasteiger partial charge in [0, 0.05) is 17.8 Å². The summed E-state index contributed by atoms with van der Waals surface area (Å²) in [4.78, 5) is 0. The van der Waals surface area contributed by atoms with Gasteiger partial charge in [0.2, 0.25) is 0 Å². The van der Waals surface area contributed by atoms with E-state index in [-0.39, 0.29) is 0 Å². The molecule has 0 fully saturated rings. The van der Waals surface area contributed by atoms with Crippen molar-refractivity contribution in [3.05, 3.63) is 28.7 Å². The first kappa shape index (κ1) is 12.2. The molecule has 0 amide bonds. The van der Waals surface area contributed by atoms with E-state index in [1.807, 2.05) is 23.1 Å². The molecule has 3 heteroatoms. The van der Waals surface area contributed by atoms with Crippen LogP contribution in [0.5, 0.6) is 0 Å². The largest absolute Gasteiger partial charge is 0.306 e. The summed E-state index contributed by atoms with van der Waals surface area (Å²) in [7, 11) is 0. The minimum atomic E-state index is 0.549. The van der Waals surface area contributed by atoms with Crippen molar-refractivity contribution in [3.63, 3.8) is 0 Å². The SMILES string of the molecule is CC(C)=CCNC1C[C@H](C)Sc2sccc21. The number of rotatable bonds is 3. The van der Waals surface area contributed by atoms with Crippen molar-refractivity contribution in [1.29, 1.82) is 0 Å². The van der Waals surface area contributed by atoms with Gasteiger partial charge in [0.1, 0.15) is 0 Å². The number of thioether (sulfide) groups is 1. The van der Waals surface area contributed by atoms with Gasteiger partial charge < -0.3 is 5.32 Å². The molecule has 2 heterocycles. The van der Waals surface area contributed by atoms with Gasteiger partial charge in [-0.3, -0.25) is 0 Å². The molecule has 1 aromatic rings. The topological polar surface area (TPSA) is 12.0 Å². The van der Waals surface area contributed by atoms with Crippen LogP contribution in [0.3, 0.4) is 0 Å². The van der Waals surface area contributed by atoms with Crippen LogP contribution in [0.4, 0.5) is 0 Å². The van der Waals surface area contributed by atoms with E-state index in [2.05, 4.69) is 43.6 Å². The fourth-order valence-electron chi connectivity index (χ4n) is 1.95. The van der Waals surface area contributed by atoms with Crippen molar-refractivity contribution < 1.29 is 0 Å². The molecule has 1 aliphatic heterocycles. The predicted molar refractivity (Wildman–Crippen MR) is 74.4 cm³/mol. The van der Waals surface area contributed by atoms with Gasteiger partial charge in [-0.15, -0.1) is 23.1 Å². The first-order valence-electron chi connectivity index (χ1n) is 5.77. The molecule has 1 unspecified atom stereocenters. The summed E-state index contributed by atoms with van der Waals surface area (Å²) in [5, 5.41) is 6.59. The molecule has 1 aromatic heterocycles. The van der Waals surface area contributed by atoms with E-state index in [4.69, 9.17) is 0 Å². The third-order valence-corrected chi connectivity index (χ3v) is 5.13. The molecule has 0 aromatic carbocycles. The lowest BCUT2D eigenvalue weighted by atomic mass is 10.0. The van der Waals surface area contributed by atoms with Gasteiger partial charge in [0.15, 0.2) is 0 Å². The monoisotopic (exact) mass is 253 g/mol. The summed E-state index contributed by atoms with van der Waals surface area (Å²) in [5.41, 5.74) is 2.89. The standard InChI is InChI=1S/C13H19NS2/c1-9(2)4-6-14-12-8-10(3)16-13-11(12)5-7-15-13/h4-5,7,10,12,14H,6,8H2,1-3H3/t10-,12?/m0/s1. The molecular weight excluding hydrogens is 234 g/mol. The van der Waals surface area contributed by atoms with Gasteiger partial charge >= 0.3 is 0 Å². The number of hydrogen-bond acceptors (Lipinski definition) is 3. The van der Waals surface area contributed by atoms with Crippen molar-refractivity contribution in [2.45, 2.75) is 42.7 Å².